The smallest absolute Gasteiger partial charge is 0.224 e. The van der Waals surface area contributed by atoms with Crippen molar-refractivity contribution < 1.29 is 9.53 Å². The highest BCUT2D eigenvalue weighted by Gasteiger charge is 2.20. The Morgan fingerprint density at radius 1 is 1.53 bits per heavy atom. The summed E-state index contributed by atoms with van der Waals surface area (Å²) in [6.07, 6.45) is 0.457. The molecule has 1 amide bonds. The molecule has 1 aromatic carbocycles. The van der Waals surface area contributed by atoms with Crippen molar-refractivity contribution >= 4 is 5.91 Å². The number of nitrogens with one attached hydrogen (secondary N) is 1. The van der Waals surface area contributed by atoms with Crippen LogP contribution in [0.2, 0.25) is 0 Å². The van der Waals surface area contributed by atoms with Crippen molar-refractivity contribution in [3.8, 4) is 0 Å². The fourth-order valence-corrected chi connectivity index (χ4v) is 1.61. The molecule has 1 aromatic rings. The van der Waals surface area contributed by atoms with E-state index >= 15 is 0 Å². The van der Waals surface area contributed by atoms with Gasteiger partial charge in [0, 0.05) is 0 Å². The number of aryl methyl sites for hydroxylation is 1. The van der Waals surface area contributed by atoms with Crippen LogP contribution in [-0.4, -0.2) is 25.2 Å². The summed E-state index contributed by atoms with van der Waals surface area (Å²) < 4.78 is 4.99. The molecule has 1 heterocycles. The topological polar surface area (TPSA) is 38.3 Å². The number of carbonyl (C=O) groups is 1. The summed E-state index contributed by atoms with van der Waals surface area (Å²) >= 11 is 0. The van der Waals surface area contributed by atoms with Crippen LogP contribution in [0.5, 0.6) is 0 Å². The van der Waals surface area contributed by atoms with Crippen LogP contribution in [0.3, 0.4) is 0 Å². The van der Waals surface area contributed by atoms with Gasteiger partial charge in [0.25, 0.3) is 0 Å². The fraction of sp³-hybridized carbons (Fsp3) is 0.417. The van der Waals surface area contributed by atoms with Crippen LogP contribution in [0.4, 0.5) is 0 Å². The van der Waals surface area contributed by atoms with E-state index in [0.29, 0.717) is 19.6 Å². The van der Waals surface area contributed by atoms with Gasteiger partial charge in [-0.25, -0.2) is 0 Å². The molecule has 0 bridgehead atoms. The van der Waals surface area contributed by atoms with Crippen LogP contribution in [0, 0.1) is 6.92 Å². The molecule has 15 heavy (non-hydrogen) atoms. The van der Waals surface area contributed by atoms with E-state index in [1.807, 2.05) is 31.2 Å². The standard InChI is InChI=1S/C12H15NO2/c1-9-3-2-4-10(5-9)6-12(14)13-11-7-15-8-11/h2-5,11H,6-8H2,1H3,(H,13,14). The normalized spacial score (nSPS) is 15.8. The molecule has 3 nitrogen and oxygen atoms in total. The molecular formula is C12H15NO2. The molecule has 1 saturated heterocycles. The highest BCUT2D eigenvalue weighted by molar-refractivity contribution is 5.79. The number of benzene rings is 1. The van der Waals surface area contributed by atoms with Crippen molar-refractivity contribution in [3.05, 3.63) is 35.4 Å². The van der Waals surface area contributed by atoms with Crippen LogP contribution in [0.1, 0.15) is 11.1 Å². The average molecular weight is 205 g/mol. The highest BCUT2D eigenvalue weighted by atomic mass is 16.5. The van der Waals surface area contributed by atoms with E-state index < -0.39 is 0 Å². The molecule has 0 unspecified atom stereocenters. The third-order valence-electron chi connectivity index (χ3n) is 2.45. The van der Waals surface area contributed by atoms with E-state index in [4.69, 9.17) is 4.74 Å². The Labute approximate surface area is 89.4 Å². The second-order valence-corrected chi connectivity index (χ2v) is 3.97. The van der Waals surface area contributed by atoms with Gasteiger partial charge in [0.1, 0.15) is 0 Å². The Kier molecular flexibility index (Phi) is 3.02. The first-order valence-electron chi connectivity index (χ1n) is 5.17. The monoisotopic (exact) mass is 205 g/mol. The van der Waals surface area contributed by atoms with Crippen molar-refractivity contribution in [1.82, 2.24) is 5.32 Å². The van der Waals surface area contributed by atoms with Gasteiger partial charge in [-0.3, -0.25) is 4.79 Å². The van der Waals surface area contributed by atoms with Crippen LogP contribution in [0.25, 0.3) is 0 Å². The third-order valence-corrected chi connectivity index (χ3v) is 2.45. The van der Waals surface area contributed by atoms with E-state index in [1.165, 1.54) is 5.56 Å². The highest BCUT2D eigenvalue weighted by Crippen LogP contribution is 2.05. The lowest BCUT2D eigenvalue weighted by atomic mass is 10.1. The number of rotatable bonds is 3. The summed E-state index contributed by atoms with van der Waals surface area (Å²) in [6, 6.07) is 8.24. The van der Waals surface area contributed by atoms with Crippen LogP contribution in [-0.2, 0) is 16.0 Å². The summed E-state index contributed by atoms with van der Waals surface area (Å²) in [5.41, 5.74) is 2.25. The molecule has 0 aliphatic carbocycles. The average Bonchev–Trinajstić information content (AvgIpc) is 2.11. The van der Waals surface area contributed by atoms with E-state index in [-0.39, 0.29) is 11.9 Å². The first-order chi connectivity index (χ1) is 7.24. The zero-order chi connectivity index (χ0) is 10.7. The quantitative estimate of drug-likeness (QED) is 0.801. The van der Waals surface area contributed by atoms with Gasteiger partial charge >= 0.3 is 0 Å². The van der Waals surface area contributed by atoms with Crippen molar-refractivity contribution in [2.75, 3.05) is 13.2 Å². The van der Waals surface area contributed by atoms with Gasteiger partial charge in [0.05, 0.1) is 25.7 Å². The first kappa shape index (κ1) is 10.2. The molecule has 0 spiro atoms. The molecule has 0 saturated carbocycles. The second kappa shape index (κ2) is 4.45. The number of carbonyl (C=O) groups excluding carboxylic acids is 1. The maximum Gasteiger partial charge on any atom is 0.224 e. The van der Waals surface area contributed by atoms with Gasteiger partial charge in [-0.1, -0.05) is 29.8 Å². The van der Waals surface area contributed by atoms with Crippen molar-refractivity contribution in [1.29, 1.82) is 0 Å². The number of hydrogen-bond acceptors (Lipinski definition) is 2. The van der Waals surface area contributed by atoms with E-state index in [9.17, 15) is 4.79 Å². The minimum absolute atomic E-state index is 0.0777. The predicted octanol–water partition coefficient (Wildman–Crippen LogP) is 1.05. The molecule has 1 aliphatic heterocycles. The first-order valence-corrected chi connectivity index (χ1v) is 5.17. The van der Waals surface area contributed by atoms with E-state index in [2.05, 4.69) is 5.32 Å². The Balaban J connectivity index is 1.87. The zero-order valence-electron chi connectivity index (χ0n) is 8.82. The maximum atomic E-state index is 11.6. The van der Waals surface area contributed by atoms with Crippen LogP contribution in [0.15, 0.2) is 24.3 Å². The van der Waals surface area contributed by atoms with Gasteiger partial charge in [0.2, 0.25) is 5.91 Å². The van der Waals surface area contributed by atoms with Crippen molar-refractivity contribution in [3.63, 3.8) is 0 Å². The third kappa shape index (κ3) is 2.80. The predicted molar refractivity (Wildman–Crippen MR) is 57.6 cm³/mol. The Hall–Kier alpha value is -1.35. The molecule has 1 N–H and O–H groups in total. The lowest BCUT2D eigenvalue weighted by molar-refractivity contribution is -0.124. The summed E-state index contributed by atoms with van der Waals surface area (Å²) in [7, 11) is 0. The molecule has 80 valence electrons. The van der Waals surface area contributed by atoms with Gasteiger partial charge in [-0.05, 0) is 12.5 Å². The van der Waals surface area contributed by atoms with Crippen molar-refractivity contribution in [2.24, 2.45) is 0 Å². The Morgan fingerprint density at radius 3 is 2.93 bits per heavy atom. The number of hydrogen-bond donors (Lipinski definition) is 1. The zero-order valence-corrected chi connectivity index (χ0v) is 8.82. The number of ether oxygens (including phenoxy) is 1. The fourth-order valence-electron chi connectivity index (χ4n) is 1.61. The molecular weight excluding hydrogens is 190 g/mol. The molecule has 0 atom stereocenters. The number of amides is 1. The minimum Gasteiger partial charge on any atom is -0.377 e. The largest absolute Gasteiger partial charge is 0.377 e. The van der Waals surface area contributed by atoms with Crippen LogP contribution >= 0.6 is 0 Å². The molecule has 0 radical (unpaired) electrons. The molecule has 0 aromatic heterocycles. The second-order valence-electron chi connectivity index (χ2n) is 3.97. The summed E-state index contributed by atoms with van der Waals surface area (Å²) in [4.78, 5) is 11.6. The molecule has 1 fully saturated rings. The van der Waals surface area contributed by atoms with Crippen LogP contribution < -0.4 is 5.32 Å². The molecule has 3 heteroatoms. The SMILES string of the molecule is Cc1cccc(CC(=O)NC2COC2)c1. The summed E-state index contributed by atoms with van der Waals surface area (Å²) in [5.74, 6) is 0.0777. The van der Waals surface area contributed by atoms with Crippen molar-refractivity contribution in [2.45, 2.75) is 19.4 Å². The van der Waals surface area contributed by atoms with Gasteiger partial charge in [-0.2, -0.15) is 0 Å². The summed E-state index contributed by atoms with van der Waals surface area (Å²) in [6.45, 7) is 3.33. The maximum absolute atomic E-state index is 11.6. The molecule has 2 rings (SSSR count). The lowest BCUT2D eigenvalue weighted by Crippen LogP contribution is -2.49. The van der Waals surface area contributed by atoms with Gasteiger partial charge < -0.3 is 10.1 Å². The summed E-state index contributed by atoms with van der Waals surface area (Å²) in [5, 5.41) is 2.92. The van der Waals surface area contributed by atoms with Gasteiger partial charge in [-0.15, -0.1) is 0 Å². The van der Waals surface area contributed by atoms with Gasteiger partial charge in [0.15, 0.2) is 0 Å². The lowest BCUT2D eigenvalue weighted by Gasteiger charge is -2.26. The Bertz CT molecular complexity index is 358. The Morgan fingerprint density at radius 2 is 2.33 bits per heavy atom. The minimum atomic E-state index is 0.0777. The van der Waals surface area contributed by atoms with E-state index in [0.717, 1.165) is 5.56 Å². The van der Waals surface area contributed by atoms with E-state index in [1.54, 1.807) is 0 Å². The molecule has 1 aliphatic rings.